The maximum Gasteiger partial charge on any atom is 0.307 e. The predicted molar refractivity (Wildman–Crippen MR) is 69.6 cm³/mol. The highest BCUT2D eigenvalue weighted by Gasteiger charge is 2.24. The highest BCUT2D eigenvalue weighted by atomic mass is 16.5. The average Bonchev–Trinajstić information content (AvgIpc) is 2.83. The second-order valence-corrected chi connectivity index (χ2v) is 4.36. The van der Waals surface area contributed by atoms with Gasteiger partial charge in [0.25, 0.3) is 0 Å². The van der Waals surface area contributed by atoms with Crippen molar-refractivity contribution in [1.82, 2.24) is 10.2 Å². The third kappa shape index (κ3) is 4.52. The number of carbonyl (C=O) groups excluding carboxylic acids is 1. The minimum absolute atomic E-state index is 0.211. The number of nitrogens with zero attached hydrogens (tertiary/aromatic N) is 2. The van der Waals surface area contributed by atoms with Crippen LogP contribution in [0.1, 0.15) is 12.8 Å². The molecule has 104 valence electrons. The van der Waals surface area contributed by atoms with E-state index < -0.39 is 0 Å². The van der Waals surface area contributed by atoms with Crippen molar-refractivity contribution in [2.24, 2.45) is 10.9 Å². The number of hydrogen-bond acceptors (Lipinski definition) is 4. The second-order valence-electron chi connectivity index (χ2n) is 4.36. The van der Waals surface area contributed by atoms with Crippen LogP contribution >= 0.6 is 0 Å². The number of carbonyl (C=O) groups is 1. The molecule has 0 aromatic carbocycles. The van der Waals surface area contributed by atoms with E-state index in [4.69, 9.17) is 4.74 Å². The van der Waals surface area contributed by atoms with Crippen molar-refractivity contribution in [3.05, 3.63) is 0 Å². The fraction of sp³-hybridized carbons (Fsp3) is 0.833. The van der Waals surface area contributed by atoms with Gasteiger partial charge in [-0.15, -0.1) is 0 Å². The summed E-state index contributed by atoms with van der Waals surface area (Å²) >= 11 is 0. The van der Waals surface area contributed by atoms with Crippen LogP contribution in [0.2, 0.25) is 0 Å². The molecule has 6 nitrogen and oxygen atoms in total. The maximum atomic E-state index is 11.0. The van der Waals surface area contributed by atoms with Crippen LogP contribution in [0.25, 0.3) is 0 Å². The molecule has 1 heterocycles. The zero-order valence-electron chi connectivity index (χ0n) is 11.4. The van der Waals surface area contributed by atoms with E-state index in [9.17, 15) is 4.79 Å². The summed E-state index contributed by atoms with van der Waals surface area (Å²) in [5.41, 5.74) is 0. The molecule has 1 aliphatic heterocycles. The number of likely N-dealkylation sites (tertiary alicyclic amines) is 1. The van der Waals surface area contributed by atoms with E-state index in [0.29, 0.717) is 18.9 Å². The molecular formula is C12H23N3O3. The largest absolute Gasteiger partial charge is 0.469 e. The lowest BCUT2D eigenvalue weighted by Gasteiger charge is -2.21. The molecule has 6 heteroatoms. The number of nitrogens with one attached hydrogen (secondary N) is 1. The van der Waals surface area contributed by atoms with Gasteiger partial charge >= 0.3 is 5.97 Å². The summed E-state index contributed by atoms with van der Waals surface area (Å²) in [5, 5.41) is 3.17. The summed E-state index contributed by atoms with van der Waals surface area (Å²) < 4.78 is 9.76. The summed E-state index contributed by atoms with van der Waals surface area (Å²) in [7, 11) is 4.88. The summed E-state index contributed by atoms with van der Waals surface area (Å²) in [4.78, 5) is 17.4. The normalized spacial score (nSPS) is 20.1. The van der Waals surface area contributed by atoms with Crippen LogP contribution in [0.4, 0.5) is 0 Å². The molecule has 1 saturated heterocycles. The molecule has 0 aromatic rings. The molecule has 0 amide bonds. The van der Waals surface area contributed by atoms with Crippen LogP contribution in [0.3, 0.4) is 0 Å². The molecule has 0 saturated carbocycles. The SMILES string of the molecule is CN=C(NCCC(=O)OC)N1CCC(COC)C1. The van der Waals surface area contributed by atoms with Gasteiger partial charge in [0, 0.05) is 39.7 Å². The molecule has 0 radical (unpaired) electrons. The van der Waals surface area contributed by atoms with Crippen molar-refractivity contribution in [3.8, 4) is 0 Å². The Bertz CT molecular complexity index is 294. The first-order valence-electron chi connectivity index (χ1n) is 6.22. The maximum absolute atomic E-state index is 11.0. The summed E-state index contributed by atoms with van der Waals surface area (Å²) in [6.07, 6.45) is 1.47. The third-order valence-corrected chi connectivity index (χ3v) is 3.04. The van der Waals surface area contributed by atoms with Crippen LogP contribution in [-0.2, 0) is 14.3 Å². The van der Waals surface area contributed by atoms with Crippen molar-refractivity contribution < 1.29 is 14.3 Å². The predicted octanol–water partition coefficient (Wildman–Crippen LogP) is 0.0932. The van der Waals surface area contributed by atoms with Crippen molar-refractivity contribution in [2.75, 3.05) is 47.5 Å². The molecule has 0 aliphatic carbocycles. The molecule has 1 unspecified atom stereocenters. The van der Waals surface area contributed by atoms with Crippen LogP contribution in [-0.4, -0.2) is 64.3 Å². The lowest BCUT2D eigenvalue weighted by molar-refractivity contribution is -0.140. The Morgan fingerprint density at radius 1 is 1.50 bits per heavy atom. The van der Waals surface area contributed by atoms with Gasteiger partial charge in [0.2, 0.25) is 0 Å². The quantitative estimate of drug-likeness (QED) is 0.430. The molecule has 1 N–H and O–H groups in total. The van der Waals surface area contributed by atoms with Crippen LogP contribution in [0.5, 0.6) is 0 Å². The standard InChI is InChI=1S/C12H23N3O3/c1-13-12(14-6-4-11(16)18-3)15-7-5-10(8-15)9-17-2/h10H,4-9H2,1-3H3,(H,13,14). The molecule has 1 atom stereocenters. The van der Waals surface area contributed by atoms with Gasteiger partial charge in [-0.05, 0) is 6.42 Å². The summed E-state index contributed by atoms with van der Waals surface area (Å²) in [6.45, 7) is 3.26. The number of methoxy groups -OCH3 is 2. The Morgan fingerprint density at radius 3 is 2.89 bits per heavy atom. The fourth-order valence-corrected chi connectivity index (χ4v) is 2.11. The lowest BCUT2D eigenvalue weighted by atomic mass is 10.1. The van der Waals surface area contributed by atoms with Crippen LogP contribution in [0.15, 0.2) is 4.99 Å². The zero-order chi connectivity index (χ0) is 13.4. The molecule has 0 aromatic heterocycles. The highest BCUT2D eigenvalue weighted by molar-refractivity contribution is 5.80. The van der Waals surface area contributed by atoms with E-state index in [-0.39, 0.29) is 5.97 Å². The lowest BCUT2D eigenvalue weighted by Crippen LogP contribution is -2.41. The van der Waals surface area contributed by atoms with E-state index in [2.05, 4.69) is 19.9 Å². The van der Waals surface area contributed by atoms with E-state index >= 15 is 0 Å². The van der Waals surface area contributed by atoms with Crippen molar-refractivity contribution >= 4 is 11.9 Å². The van der Waals surface area contributed by atoms with Gasteiger partial charge in [-0.3, -0.25) is 9.79 Å². The van der Waals surface area contributed by atoms with E-state index in [1.54, 1.807) is 14.2 Å². The number of guanidine groups is 1. The zero-order valence-corrected chi connectivity index (χ0v) is 11.4. The van der Waals surface area contributed by atoms with Gasteiger partial charge in [0.15, 0.2) is 5.96 Å². The topological polar surface area (TPSA) is 63.2 Å². The van der Waals surface area contributed by atoms with Crippen molar-refractivity contribution in [1.29, 1.82) is 0 Å². The Hall–Kier alpha value is -1.30. The second kappa shape index (κ2) is 7.92. The number of hydrogen-bond donors (Lipinski definition) is 1. The summed E-state index contributed by atoms with van der Waals surface area (Å²) in [5.74, 6) is 1.20. The van der Waals surface area contributed by atoms with Gasteiger partial charge in [-0.25, -0.2) is 0 Å². The Morgan fingerprint density at radius 2 is 2.28 bits per heavy atom. The molecule has 0 bridgehead atoms. The van der Waals surface area contributed by atoms with E-state index in [0.717, 1.165) is 32.1 Å². The van der Waals surface area contributed by atoms with Crippen LogP contribution in [0, 0.1) is 5.92 Å². The molecule has 0 spiro atoms. The first-order chi connectivity index (χ1) is 8.71. The molecule has 1 fully saturated rings. The molecular weight excluding hydrogens is 234 g/mol. The van der Waals surface area contributed by atoms with Gasteiger partial charge in [0.05, 0.1) is 20.1 Å². The highest BCUT2D eigenvalue weighted by Crippen LogP contribution is 2.16. The Kier molecular flexibility index (Phi) is 6.49. The first-order valence-corrected chi connectivity index (χ1v) is 6.22. The number of aliphatic imine (C=N–C) groups is 1. The van der Waals surface area contributed by atoms with Crippen molar-refractivity contribution in [2.45, 2.75) is 12.8 Å². The smallest absolute Gasteiger partial charge is 0.307 e. The van der Waals surface area contributed by atoms with Gasteiger partial charge in [0.1, 0.15) is 0 Å². The average molecular weight is 257 g/mol. The number of esters is 1. The van der Waals surface area contributed by atoms with Crippen molar-refractivity contribution in [3.63, 3.8) is 0 Å². The molecule has 1 rings (SSSR count). The van der Waals surface area contributed by atoms with Gasteiger partial charge in [-0.2, -0.15) is 0 Å². The minimum Gasteiger partial charge on any atom is -0.469 e. The van der Waals surface area contributed by atoms with Crippen LogP contribution < -0.4 is 5.32 Å². The van der Waals surface area contributed by atoms with Gasteiger partial charge < -0.3 is 19.7 Å². The van der Waals surface area contributed by atoms with E-state index in [1.165, 1.54) is 7.11 Å². The Balaban J connectivity index is 2.32. The van der Waals surface area contributed by atoms with E-state index in [1.807, 2.05) is 0 Å². The minimum atomic E-state index is -0.211. The first kappa shape index (κ1) is 14.8. The molecule has 18 heavy (non-hydrogen) atoms. The molecule has 1 aliphatic rings. The summed E-state index contributed by atoms with van der Waals surface area (Å²) in [6, 6.07) is 0. The third-order valence-electron chi connectivity index (χ3n) is 3.04. The fourth-order valence-electron chi connectivity index (χ4n) is 2.11. The van der Waals surface area contributed by atoms with Gasteiger partial charge in [-0.1, -0.05) is 0 Å². The number of ether oxygens (including phenoxy) is 2. The number of rotatable bonds is 5. The Labute approximate surface area is 108 Å². The monoisotopic (exact) mass is 257 g/mol.